The van der Waals surface area contributed by atoms with Gasteiger partial charge >= 0.3 is 5.97 Å². The van der Waals surface area contributed by atoms with Gasteiger partial charge in [-0.05, 0) is 54.7 Å². The van der Waals surface area contributed by atoms with Gasteiger partial charge in [-0.3, -0.25) is 9.59 Å². The summed E-state index contributed by atoms with van der Waals surface area (Å²) in [4.78, 5) is 45.0. The number of para-hydroxylation sites is 2. The number of hydroxylamine groups is 2. The van der Waals surface area contributed by atoms with Crippen molar-refractivity contribution in [3.63, 3.8) is 0 Å². The zero-order valence-electron chi connectivity index (χ0n) is 51.7. The molecule has 482 valence electrons. The highest BCUT2D eigenvalue weighted by molar-refractivity contribution is 6.01. The van der Waals surface area contributed by atoms with E-state index in [2.05, 4.69) is 109 Å². The number of fused-ring (bicyclic) bond motifs is 2. The van der Waals surface area contributed by atoms with E-state index in [1.807, 2.05) is 0 Å². The molecular weight excluding hydrogens is 1110 g/mol. The van der Waals surface area contributed by atoms with Crippen LogP contribution in [0.15, 0.2) is 96.4 Å². The summed E-state index contributed by atoms with van der Waals surface area (Å²) >= 11 is 0. The van der Waals surface area contributed by atoms with Crippen molar-refractivity contribution < 1.29 is 90.3 Å². The maximum atomic E-state index is 12.1. The molecule has 22 nitrogen and oxygen atoms in total. The van der Waals surface area contributed by atoms with Gasteiger partial charge in [0.15, 0.2) is 0 Å². The van der Waals surface area contributed by atoms with Crippen molar-refractivity contribution in [3.8, 4) is 0 Å². The molecule has 86 heavy (non-hydrogen) atoms. The number of hydrogen-bond donors (Lipinski definition) is 0. The highest BCUT2D eigenvalue weighted by Crippen LogP contribution is 2.50. The summed E-state index contributed by atoms with van der Waals surface area (Å²) in [6.07, 6.45) is 14.4. The molecule has 1 saturated heterocycles. The average molecular weight is 1210 g/mol. The summed E-state index contributed by atoms with van der Waals surface area (Å²) in [6.45, 7) is 18.2. The molecular formula is C64H97N3O19. The lowest BCUT2D eigenvalue weighted by Crippen LogP contribution is -2.36. The molecule has 2 unspecified atom stereocenters. The number of carbonyl (C=O) groups excluding carboxylic acids is 3. The maximum Gasteiger partial charge on any atom is 0.335 e. The second-order valence-electron chi connectivity index (χ2n) is 20.5. The van der Waals surface area contributed by atoms with Crippen LogP contribution in [0, 0.1) is 0 Å². The van der Waals surface area contributed by atoms with Crippen molar-refractivity contribution in [2.24, 2.45) is 0 Å². The normalized spacial score (nSPS) is 18.2. The van der Waals surface area contributed by atoms with E-state index < -0.39 is 23.2 Å². The fraction of sp³-hybridized carbons (Fsp3) is 0.641. The van der Waals surface area contributed by atoms with Gasteiger partial charge in [0.2, 0.25) is 0 Å². The number of ether oxygens (including phenoxy) is 15. The third-order valence-corrected chi connectivity index (χ3v) is 14.5. The van der Waals surface area contributed by atoms with Crippen molar-refractivity contribution in [1.29, 1.82) is 0 Å². The van der Waals surface area contributed by atoms with Gasteiger partial charge < -0.3 is 85.7 Å². The summed E-state index contributed by atoms with van der Waals surface area (Å²) in [5.74, 6) is -1.75. The Balaban J connectivity index is 1.24. The third-order valence-electron chi connectivity index (χ3n) is 14.5. The lowest BCUT2D eigenvalue weighted by Gasteiger charge is -2.41. The number of carbonyl (C=O) groups is 3. The molecule has 3 aliphatic heterocycles. The first kappa shape index (κ1) is 71.8. The average Bonchev–Trinajstić information content (AvgIpc) is 1.44. The molecule has 2 aromatic carbocycles. The third kappa shape index (κ3) is 25.6. The van der Waals surface area contributed by atoms with Gasteiger partial charge in [0.1, 0.15) is 0 Å². The summed E-state index contributed by atoms with van der Waals surface area (Å²) < 4.78 is 84.8. The highest BCUT2D eigenvalue weighted by atomic mass is 16.7. The van der Waals surface area contributed by atoms with Crippen LogP contribution in [-0.2, 0) is 101 Å². The minimum Gasteiger partial charge on any atom is -0.382 e. The molecule has 0 radical (unpaired) electrons. The summed E-state index contributed by atoms with van der Waals surface area (Å²) in [6, 6.07) is 17.1. The predicted octanol–water partition coefficient (Wildman–Crippen LogP) is 6.34. The zero-order valence-corrected chi connectivity index (χ0v) is 51.7. The number of rotatable bonds is 52. The monoisotopic (exact) mass is 1210 g/mol. The van der Waals surface area contributed by atoms with Crippen LogP contribution in [-0.4, -0.2) is 236 Å². The minimum atomic E-state index is -0.711. The fourth-order valence-electron chi connectivity index (χ4n) is 9.73. The van der Waals surface area contributed by atoms with E-state index in [9.17, 15) is 14.4 Å². The number of hydrogen-bond acceptors (Lipinski definition) is 21. The molecule has 5 rings (SSSR count). The van der Waals surface area contributed by atoms with Crippen LogP contribution >= 0.6 is 0 Å². The van der Waals surface area contributed by atoms with Gasteiger partial charge in [0.05, 0.1) is 172 Å². The molecule has 3 heterocycles. The quantitative estimate of drug-likeness (QED) is 0.0402. The van der Waals surface area contributed by atoms with E-state index in [0.717, 1.165) is 35.5 Å². The number of methoxy groups -OCH3 is 3. The largest absolute Gasteiger partial charge is 0.382 e. The molecule has 0 N–H and O–H groups in total. The number of benzene rings is 2. The van der Waals surface area contributed by atoms with Crippen LogP contribution in [0.4, 0.5) is 11.4 Å². The molecule has 22 heteroatoms. The maximum absolute atomic E-state index is 12.1. The Morgan fingerprint density at radius 1 is 0.453 bits per heavy atom. The Hall–Kier alpha value is -4.99. The van der Waals surface area contributed by atoms with Crippen LogP contribution in [0.1, 0.15) is 57.1 Å². The second-order valence-corrected chi connectivity index (χ2v) is 20.5. The lowest BCUT2D eigenvalue weighted by atomic mass is 9.71. The molecule has 3 aliphatic rings. The van der Waals surface area contributed by atoms with E-state index in [4.69, 9.17) is 75.9 Å². The van der Waals surface area contributed by atoms with Gasteiger partial charge in [-0.1, -0.05) is 67.6 Å². The van der Waals surface area contributed by atoms with Crippen LogP contribution in [0.5, 0.6) is 0 Å². The van der Waals surface area contributed by atoms with E-state index >= 15 is 0 Å². The van der Waals surface area contributed by atoms with Crippen LogP contribution in [0.25, 0.3) is 0 Å². The molecule has 2 aromatic rings. The molecule has 1 fully saturated rings. The van der Waals surface area contributed by atoms with Crippen molar-refractivity contribution >= 4 is 29.2 Å². The van der Waals surface area contributed by atoms with Gasteiger partial charge in [0, 0.05) is 94.6 Å². The molecule has 0 bridgehead atoms. The Morgan fingerprint density at radius 3 is 1.34 bits per heavy atom. The van der Waals surface area contributed by atoms with Crippen molar-refractivity contribution in [2.45, 2.75) is 56.8 Å². The predicted molar refractivity (Wildman–Crippen MR) is 323 cm³/mol. The number of imide groups is 1. The van der Waals surface area contributed by atoms with Crippen molar-refractivity contribution in [1.82, 2.24) is 5.06 Å². The van der Waals surface area contributed by atoms with E-state index in [-0.39, 0.29) is 37.9 Å². The summed E-state index contributed by atoms with van der Waals surface area (Å²) in [7, 11) is 4.96. The molecule has 2 atom stereocenters. The molecule has 0 aliphatic carbocycles. The van der Waals surface area contributed by atoms with Crippen LogP contribution in [0.3, 0.4) is 0 Å². The fourth-order valence-corrected chi connectivity index (χ4v) is 9.73. The molecule has 2 amide bonds. The van der Waals surface area contributed by atoms with Gasteiger partial charge in [-0.15, -0.1) is 5.06 Å². The number of allylic oxidation sites excluding steroid dienone is 7. The first-order valence-corrected chi connectivity index (χ1v) is 30.1. The van der Waals surface area contributed by atoms with E-state index in [1.165, 1.54) is 11.1 Å². The number of amides is 2. The van der Waals surface area contributed by atoms with Crippen molar-refractivity contribution in [3.05, 3.63) is 108 Å². The molecule has 0 spiro atoms. The van der Waals surface area contributed by atoms with Crippen LogP contribution in [0.2, 0.25) is 0 Å². The van der Waals surface area contributed by atoms with E-state index in [0.29, 0.717) is 183 Å². The standard InChI is InChI=1S/C64H97N3O19/c1-63(22-27-75-38-43-83-50-47-79-34-31-71-3)54(53-65(57-16-11-9-14-55(57)63)24-29-77-40-45-85-52-49-81-36-33-73-5)13-7-6-8-18-59-64(2,23-28-76-39-44-84-51-48-80-35-32-72-4)56-15-10-12-17-58(56)66(59)25-30-78-41-46-82-42-37-74-26-21-62(70)86-67-60(68)19-20-61(67)69/h6-18,53H,19-52H2,1-5H3/b8-6+,13-7+,59-18+. The zero-order chi connectivity index (χ0) is 61.2. The lowest BCUT2D eigenvalue weighted by molar-refractivity contribution is -0.198. The van der Waals surface area contributed by atoms with Gasteiger partial charge in [-0.2, -0.15) is 0 Å². The highest BCUT2D eigenvalue weighted by Gasteiger charge is 2.43. The summed E-state index contributed by atoms with van der Waals surface area (Å²) in [5.41, 5.74) is 6.15. The number of nitrogens with zero attached hydrogens (tertiary/aromatic N) is 3. The topological polar surface area (TPSA) is 209 Å². The Labute approximate surface area is 509 Å². The Kier molecular flexibility index (Phi) is 36.4. The molecule has 0 saturated carbocycles. The smallest absolute Gasteiger partial charge is 0.335 e. The summed E-state index contributed by atoms with van der Waals surface area (Å²) in [5, 5.41) is 0.533. The van der Waals surface area contributed by atoms with E-state index in [1.54, 1.807) is 21.3 Å². The SMILES string of the molecule is COCCOCCOCCOCCN1C=C(/C=C/C=C/C=C2/N(CCOCCOCCOCCC(=O)ON3C(=O)CCC3=O)c3ccccc3C2(C)CCOCCOCCOCCOC)C(C)(CCOCCOCCOCCOC)c2ccccc21. The number of anilines is 2. The molecule has 0 aromatic heterocycles. The second kappa shape index (κ2) is 43.6. The first-order chi connectivity index (χ1) is 42.2. The van der Waals surface area contributed by atoms with Crippen molar-refractivity contribution in [2.75, 3.05) is 223 Å². The van der Waals surface area contributed by atoms with Gasteiger partial charge in [0.25, 0.3) is 11.8 Å². The Morgan fingerprint density at radius 2 is 0.849 bits per heavy atom. The first-order valence-electron chi connectivity index (χ1n) is 30.1. The Bertz CT molecular complexity index is 2320. The minimum absolute atomic E-state index is 0.0389. The van der Waals surface area contributed by atoms with Gasteiger partial charge in [-0.25, -0.2) is 4.79 Å². The van der Waals surface area contributed by atoms with Crippen LogP contribution < -0.4 is 9.80 Å².